The highest BCUT2D eigenvalue weighted by Gasteiger charge is 2.09. The normalized spacial score (nSPS) is 12.6. The molecule has 19 heavy (non-hydrogen) atoms. The van der Waals surface area contributed by atoms with E-state index in [2.05, 4.69) is 17.3 Å². The third-order valence-electron chi connectivity index (χ3n) is 3.27. The van der Waals surface area contributed by atoms with Crippen LogP contribution in [0.4, 0.5) is 4.39 Å². The topological polar surface area (TPSA) is 29.9 Å². The number of halogens is 1. The first-order valence-electron chi connectivity index (χ1n) is 6.60. The maximum absolute atomic E-state index is 13.2. The minimum absolute atomic E-state index is 0.112. The van der Waals surface area contributed by atoms with Crippen LogP contribution in [0.3, 0.4) is 0 Å². The van der Waals surface area contributed by atoms with Crippen LogP contribution in [-0.2, 0) is 20.0 Å². The number of aryl methyl sites for hydroxylation is 2. The maximum Gasteiger partial charge on any atom is 0.123 e. The molecule has 0 bridgehead atoms. The van der Waals surface area contributed by atoms with Crippen molar-refractivity contribution >= 4 is 0 Å². The van der Waals surface area contributed by atoms with Gasteiger partial charge in [-0.15, -0.1) is 0 Å². The summed E-state index contributed by atoms with van der Waals surface area (Å²) in [6.45, 7) is 4.88. The van der Waals surface area contributed by atoms with E-state index in [1.807, 2.05) is 30.9 Å². The van der Waals surface area contributed by atoms with Crippen LogP contribution >= 0.6 is 0 Å². The van der Waals surface area contributed by atoms with Gasteiger partial charge in [0.15, 0.2) is 0 Å². The van der Waals surface area contributed by atoms with Gasteiger partial charge in [-0.2, -0.15) is 5.10 Å². The SMILES string of the molecule is CCc1nn(C)cc1CN[C@@H](C)c1cccc(F)c1. The summed E-state index contributed by atoms with van der Waals surface area (Å²) >= 11 is 0. The maximum atomic E-state index is 13.2. The zero-order chi connectivity index (χ0) is 13.8. The molecule has 0 radical (unpaired) electrons. The van der Waals surface area contributed by atoms with Gasteiger partial charge in [0.1, 0.15) is 5.82 Å². The highest BCUT2D eigenvalue weighted by atomic mass is 19.1. The largest absolute Gasteiger partial charge is 0.306 e. The second kappa shape index (κ2) is 5.97. The summed E-state index contributed by atoms with van der Waals surface area (Å²) in [4.78, 5) is 0. The third kappa shape index (κ3) is 3.41. The van der Waals surface area contributed by atoms with Crippen LogP contribution in [0.2, 0.25) is 0 Å². The molecular weight excluding hydrogens is 241 g/mol. The Bertz CT molecular complexity index is 548. The van der Waals surface area contributed by atoms with E-state index in [1.165, 1.54) is 11.6 Å². The van der Waals surface area contributed by atoms with Crippen LogP contribution in [-0.4, -0.2) is 9.78 Å². The van der Waals surface area contributed by atoms with E-state index in [-0.39, 0.29) is 11.9 Å². The quantitative estimate of drug-likeness (QED) is 0.896. The molecule has 0 spiro atoms. The molecule has 3 nitrogen and oxygen atoms in total. The van der Waals surface area contributed by atoms with Gasteiger partial charge in [0, 0.05) is 31.4 Å². The lowest BCUT2D eigenvalue weighted by atomic mass is 10.1. The van der Waals surface area contributed by atoms with Gasteiger partial charge in [0.05, 0.1) is 5.69 Å². The summed E-state index contributed by atoms with van der Waals surface area (Å²) in [5.41, 5.74) is 3.27. The Hall–Kier alpha value is -1.68. The van der Waals surface area contributed by atoms with Gasteiger partial charge in [-0.3, -0.25) is 4.68 Å². The minimum Gasteiger partial charge on any atom is -0.306 e. The van der Waals surface area contributed by atoms with Crippen LogP contribution in [0.25, 0.3) is 0 Å². The Morgan fingerprint density at radius 1 is 1.42 bits per heavy atom. The van der Waals surface area contributed by atoms with Crippen LogP contribution in [0.5, 0.6) is 0 Å². The Kier molecular flexibility index (Phi) is 4.32. The first-order valence-corrected chi connectivity index (χ1v) is 6.60. The van der Waals surface area contributed by atoms with Crippen LogP contribution in [0.1, 0.15) is 36.7 Å². The van der Waals surface area contributed by atoms with E-state index in [4.69, 9.17) is 0 Å². The molecule has 1 aromatic heterocycles. The van der Waals surface area contributed by atoms with Crippen molar-refractivity contribution in [1.29, 1.82) is 0 Å². The molecule has 1 N–H and O–H groups in total. The predicted octanol–water partition coefficient (Wildman–Crippen LogP) is 2.97. The summed E-state index contributed by atoms with van der Waals surface area (Å²) in [6, 6.07) is 6.82. The molecule has 102 valence electrons. The first-order chi connectivity index (χ1) is 9.10. The second-order valence-electron chi connectivity index (χ2n) is 4.79. The van der Waals surface area contributed by atoms with E-state index < -0.39 is 0 Å². The molecule has 2 aromatic rings. The lowest BCUT2D eigenvalue weighted by Crippen LogP contribution is -2.18. The van der Waals surface area contributed by atoms with Crippen molar-refractivity contribution in [2.24, 2.45) is 7.05 Å². The fourth-order valence-corrected chi connectivity index (χ4v) is 2.19. The first kappa shape index (κ1) is 13.7. The van der Waals surface area contributed by atoms with Gasteiger partial charge in [-0.1, -0.05) is 19.1 Å². The average molecular weight is 261 g/mol. The number of nitrogens with zero attached hydrogens (tertiary/aromatic N) is 2. The molecule has 0 aliphatic carbocycles. The minimum atomic E-state index is -0.193. The highest BCUT2D eigenvalue weighted by Crippen LogP contribution is 2.15. The fourth-order valence-electron chi connectivity index (χ4n) is 2.19. The molecule has 2 rings (SSSR count). The van der Waals surface area contributed by atoms with E-state index in [1.54, 1.807) is 12.1 Å². The Morgan fingerprint density at radius 3 is 2.89 bits per heavy atom. The molecule has 0 fully saturated rings. The zero-order valence-electron chi connectivity index (χ0n) is 11.7. The molecular formula is C15H20FN3. The van der Waals surface area contributed by atoms with Gasteiger partial charge >= 0.3 is 0 Å². The number of rotatable bonds is 5. The van der Waals surface area contributed by atoms with Gasteiger partial charge in [0.25, 0.3) is 0 Å². The summed E-state index contributed by atoms with van der Waals surface area (Å²) in [7, 11) is 1.93. The molecule has 0 saturated heterocycles. The smallest absolute Gasteiger partial charge is 0.123 e. The molecule has 1 aromatic carbocycles. The number of hydrogen-bond acceptors (Lipinski definition) is 2. The standard InChI is InChI=1S/C15H20FN3/c1-4-15-13(10-19(3)18-15)9-17-11(2)12-6-5-7-14(16)8-12/h5-8,10-11,17H,4,9H2,1-3H3/t11-/m0/s1. The Balaban J connectivity index is 2.02. The predicted molar refractivity (Wildman–Crippen MR) is 74.2 cm³/mol. The van der Waals surface area contributed by atoms with Crippen molar-refractivity contribution in [2.45, 2.75) is 32.9 Å². The molecule has 0 amide bonds. The van der Waals surface area contributed by atoms with Gasteiger partial charge in [-0.05, 0) is 31.0 Å². The zero-order valence-corrected chi connectivity index (χ0v) is 11.7. The lowest BCUT2D eigenvalue weighted by molar-refractivity contribution is 0.563. The van der Waals surface area contributed by atoms with E-state index in [0.29, 0.717) is 0 Å². The van der Waals surface area contributed by atoms with Crippen LogP contribution < -0.4 is 5.32 Å². The van der Waals surface area contributed by atoms with Gasteiger partial charge < -0.3 is 5.32 Å². The lowest BCUT2D eigenvalue weighted by Gasteiger charge is -2.14. The van der Waals surface area contributed by atoms with Crippen molar-refractivity contribution < 1.29 is 4.39 Å². The van der Waals surface area contributed by atoms with E-state index in [9.17, 15) is 4.39 Å². The fraction of sp³-hybridized carbons (Fsp3) is 0.400. The number of hydrogen-bond donors (Lipinski definition) is 1. The molecule has 1 atom stereocenters. The summed E-state index contributed by atoms with van der Waals surface area (Å²) in [5, 5.41) is 7.82. The monoisotopic (exact) mass is 261 g/mol. The average Bonchev–Trinajstić information content (AvgIpc) is 2.76. The number of nitrogens with one attached hydrogen (secondary N) is 1. The summed E-state index contributed by atoms with van der Waals surface area (Å²) < 4.78 is 15.0. The number of aromatic nitrogens is 2. The molecule has 1 heterocycles. The summed E-state index contributed by atoms with van der Waals surface area (Å²) in [6.07, 6.45) is 2.95. The highest BCUT2D eigenvalue weighted by molar-refractivity contribution is 5.21. The second-order valence-corrected chi connectivity index (χ2v) is 4.79. The van der Waals surface area contributed by atoms with Crippen molar-refractivity contribution in [3.05, 3.63) is 53.1 Å². The molecule has 0 aliphatic heterocycles. The molecule has 0 aliphatic rings. The Labute approximate surface area is 113 Å². The van der Waals surface area contributed by atoms with Crippen molar-refractivity contribution in [1.82, 2.24) is 15.1 Å². The molecule has 4 heteroatoms. The van der Waals surface area contributed by atoms with Crippen LogP contribution in [0, 0.1) is 5.82 Å². The van der Waals surface area contributed by atoms with E-state index >= 15 is 0 Å². The summed E-state index contributed by atoms with van der Waals surface area (Å²) in [5.74, 6) is -0.193. The van der Waals surface area contributed by atoms with Crippen LogP contribution in [0.15, 0.2) is 30.5 Å². The van der Waals surface area contributed by atoms with Crippen molar-refractivity contribution in [3.63, 3.8) is 0 Å². The van der Waals surface area contributed by atoms with E-state index in [0.717, 1.165) is 24.2 Å². The van der Waals surface area contributed by atoms with Crippen molar-refractivity contribution in [3.8, 4) is 0 Å². The van der Waals surface area contributed by atoms with Gasteiger partial charge in [-0.25, -0.2) is 4.39 Å². The third-order valence-corrected chi connectivity index (χ3v) is 3.27. The van der Waals surface area contributed by atoms with Gasteiger partial charge in [0.2, 0.25) is 0 Å². The molecule has 0 unspecified atom stereocenters. The van der Waals surface area contributed by atoms with Crippen molar-refractivity contribution in [2.75, 3.05) is 0 Å². The Morgan fingerprint density at radius 2 is 2.21 bits per heavy atom. The number of benzene rings is 1. The molecule has 0 saturated carbocycles.